The van der Waals surface area contributed by atoms with Crippen LogP contribution in [0.15, 0.2) is 24.3 Å². The Balaban J connectivity index is 1.44. The fourth-order valence-electron chi connectivity index (χ4n) is 3.05. The molecule has 2 fully saturated rings. The summed E-state index contributed by atoms with van der Waals surface area (Å²) in [5, 5.41) is 3.40. The minimum Gasteiger partial charge on any atom is -0.379 e. The van der Waals surface area contributed by atoms with Gasteiger partial charge in [0, 0.05) is 52.4 Å². The molecule has 0 radical (unpaired) electrons. The molecule has 2 saturated heterocycles. The van der Waals surface area contributed by atoms with E-state index in [0.29, 0.717) is 0 Å². The third kappa shape index (κ3) is 4.78. The van der Waals surface area contributed by atoms with Crippen molar-refractivity contribution in [1.29, 1.82) is 0 Å². The van der Waals surface area contributed by atoms with Gasteiger partial charge in [-0.15, -0.1) is 0 Å². The van der Waals surface area contributed by atoms with Gasteiger partial charge in [0.05, 0.1) is 13.2 Å². The Bertz CT molecular complexity index is 409. The summed E-state index contributed by atoms with van der Waals surface area (Å²) in [4.78, 5) is 5.03. The fraction of sp³-hybridized carbons (Fsp3) is 0.647. The third-order valence-corrected chi connectivity index (χ3v) is 4.46. The maximum absolute atomic E-state index is 5.39. The Morgan fingerprint density at radius 1 is 0.857 bits per heavy atom. The first kappa shape index (κ1) is 15.0. The number of morpholine rings is 1. The van der Waals surface area contributed by atoms with Crippen LogP contribution in [-0.2, 0) is 17.7 Å². The number of rotatable bonds is 5. The second-order valence-corrected chi connectivity index (χ2v) is 6.05. The van der Waals surface area contributed by atoms with E-state index >= 15 is 0 Å². The number of nitrogens with one attached hydrogen (secondary N) is 1. The van der Waals surface area contributed by atoms with E-state index in [1.54, 1.807) is 0 Å². The lowest BCUT2D eigenvalue weighted by Gasteiger charge is -2.27. The monoisotopic (exact) mass is 289 g/mol. The van der Waals surface area contributed by atoms with Crippen LogP contribution in [-0.4, -0.2) is 68.8 Å². The summed E-state index contributed by atoms with van der Waals surface area (Å²) >= 11 is 0. The summed E-state index contributed by atoms with van der Waals surface area (Å²) in [6, 6.07) is 9.21. The quantitative estimate of drug-likeness (QED) is 0.874. The zero-order valence-corrected chi connectivity index (χ0v) is 12.9. The van der Waals surface area contributed by atoms with Crippen LogP contribution >= 0.6 is 0 Å². The predicted octanol–water partition coefficient (Wildman–Crippen LogP) is 0.967. The molecule has 0 aliphatic carbocycles. The predicted molar refractivity (Wildman–Crippen MR) is 85.6 cm³/mol. The Morgan fingerprint density at radius 3 is 2.24 bits per heavy atom. The van der Waals surface area contributed by atoms with E-state index in [1.807, 2.05) is 0 Å². The molecule has 21 heavy (non-hydrogen) atoms. The zero-order valence-electron chi connectivity index (χ0n) is 12.9. The summed E-state index contributed by atoms with van der Waals surface area (Å²) in [5.41, 5.74) is 2.89. The lowest BCUT2D eigenvalue weighted by Crippen LogP contribution is -2.42. The highest BCUT2D eigenvalue weighted by atomic mass is 16.5. The van der Waals surface area contributed by atoms with Crippen molar-refractivity contribution in [3.8, 4) is 0 Å². The molecule has 116 valence electrons. The summed E-state index contributed by atoms with van der Waals surface area (Å²) < 4.78 is 5.39. The van der Waals surface area contributed by atoms with E-state index in [9.17, 15) is 0 Å². The first-order chi connectivity index (χ1) is 10.4. The first-order valence-electron chi connectivity index (χ1n) is 8.21. The van der Waals surface area contributed by atoms with E-state index < -0.39 is 0 Å². The summed E-state index contributed by atoms with van der Waals surface area (Å²) in [7, 11) is 0. The third-order valence-electron chi connectivity index (χ3n) is 4.46. The van der Waals surface area contributed by atoms with Crippen molar-refractivity contribution < 1.29 is 4.74 Å². The molecule has 1 N–H and O–H groups in total. The van der Waals surface area contributed by atoms with Gasteiger partial charge >= 0.3 is 0 Å². The van der Waals surface area contributed by atoms with E-state index in [0.717, 1.165) is 58.9 Å². The van der Waals surface area contributed by atoms with Crippen molar-refractivity contribution in [3.05, 3.63) is 35.4 Å². The molecular formula is C17H27N3O. The SMILES string of the molecule is c1cc(CN2CCNCC2)ccc1CCN1CCOCC1. The van der Waals surface area contributed by atoms with Crippen LogP contribution in [0, 0.1) is 0 Å². The van der Waals surface area contributed by atoms with Crippen LogP contribution in [0.25, 0.3) is 0 Å². The van der Waals surface area contributed by atoms with Crippen LogP contribution < -0.4 is 5.32 Å². The Labute approximate surface area is 128 Å². The molecule has 0 saturated carbocycles. The van der Waals surface area contributed by atoms with Gasteiger partial charge in [0.2, 0.25) is 0 Å². The molecule has 0 atom stereocenters. The van der Waals surface area contributed by atoms with E-state index in [-0.39, 0.29) is 0 Å². The second-order valence-electron chi connectivity index (χ2n) is 6.05. The van der Waals surface area contributed by atoms with Crippen LogP contribution in [0.3, 0.4) is 0 Å². The van der Waals surface area contributed by atoms with Crippen LogP contribution in [0.4, 0.5) is 0 Å². The Kier molecular flexibility index (Phi) is 5.63. The number of benzene rings is 1. The van der Waals surface area contributed by atoms with Crippen molar-refractivity contribution in [2.24, 2.45) is 0 Å². The van der Waals surface area contributed by atoms with E-state index in [4.69, 9.17) is 4.74 Å². The smallest absolute Gasteiger partial charge is 0.0594 e. The van der Waals surface area contributed by atoms with E-state index in [2.05, 4.69) is 39.4 Å². The van der Waals surface area contributed by atoms with Gasteiger partial charge < -0.3 is 10.1 Å². The lowest BCUT2D eigenvalue weighted by molar-refractivity contribution is 0.0384. The maximum Gasteiger partial charge on any atom is 0.0594 e. The van der Waals surface area contributed by atoms with Crippen molar-refractivity contribution in [3.63, 3.8) is 0 Å². The largest absolute Gasteiger partial charge is 0.379 e. The molecular weight excluding hydrogens is 262 g/mol. The molecule has 0 unspecified atom stereocenters. The lowest BCUT2D eigenvalue weighted by atomic mass is 10.1. The minimum absolute atomic E-state index is 0.892. The fourth-order valence-corrected chi connectivity index (χ4v) is 3.05. The zero-order chi connectivity index (χ0) is 14.3. The normalized spacial score (nSPS) is 21.5. The second kappa shape index (κ2) is 7.90. The minimum atomic E-state index is 0.892. The summed E-state index contributed by atoms with van der Waals surface area (Å²) in [6.45, 7) is 10.8. The van der Waals surface area contributed by atoms with Gasteiger partial charge in [-0.2, -0.15) is 0 Å². The molecule has 4 heteroatoms. The van der Waals surface area contributed by atoms with Gasteiger partial charge in [-0.05, 0) is 17.5 Å². The van der Waals surface area contributed by atoms with E-state index in [1.165, 1.54) is 24.2 Å². The molecule has 2 aliphatic heterocycles. The molecule has 3 rings (SSSR count). The number of hydrogen-bond acceptors (Lipinski definition) is 4. The topological polar surface area (TPSA) is 27.7 Å². The number of hydrogen-bond donors (Lipinski definition) is 1. The highest BCUT2D eigenvalue weighted by Crippen LogP contribution is 2.10. The standard InChI is InChI=1S/C17H27N3O/c1-3-17(15-20-9-6-18-7-10-20)4-2-16(1)5-8-19-11-13-21-14-12-19/h1-4,18H,5-15H2. The van der Waals surface area contributed by atoms with Crippen LogP contribution in [0.2, 0.25) is 0 Å². The molecule has 0 bridgehead atoms. The molecule has 2 heterocycles. The van der Waals surface area contributed by atoms with Gasteiger partial charge in [-0.1, -0.05) is 24.3 Å². The van der Waals surface area contributed by atoms with Crippen LogP contribution in [0.1, 0.15) is 11.1 Å². The average Bonchev–Trinajstić information content (AvgIpc) is 2.56. The molecule has 1 aromatic carbocycles. The van der Waals surface area contributed by atoms with Crippen molar-refractivity contribution >= 4 is 0 Å². The number of ether oxygens (including phenoxy) is 1. The molecule has 0 spiro atoms. The van der Waals surface area contributed by atoms with Gasteiger partial charge in [0.25, 0.3) is 0 Å². The van der Waals surface area contributed by atoms with Crippen molar-refractivity contribution in [1.82, 2.24) is 15.1 Å². The Hall–Kier alpha value is -0.940. The Morgan fingerprint density at radius 2 is 1.52 bits per heavy atom. The van der Waals surface area contributed by atoms with Gasteiger partial charge in [0.15, 0.2) is 0 Å². The van der Waals surface area contributed by atoms with Gasteiger partial charge in [0.1, 0.15) is 0 Å². The average molecular weight is 289 g/mol. The summed E-state index contributed by atoms with van der Waals surface area (Å²) in [6.07, 6.45) is 1.15. The van der Waals surface area contributed by atoms with Crippen molar-refractivity contribution in [2.45, 2.75) is 13.0 Å². The number of nitrogens with zero attached hydrogens (tertiary/aromatic N) is 2. The molecule has 0 aromatic heterocycles. The molecule has 1 aromatic rings. The molecule has 0 amide bonds. The van der Waals surface area contributed by atoms with Crippen molar-refractivity contribution in [2.75, 3.05) is 59.0 Å². The number of piperazine rings is 1. The van der Waals surface area contributed by atoms with Gasteiger partial charge in [-0.25, -0.2) is 0 Å². The van der Waals surface area contributed by atoms with Crippen LogP contribution in [0.5, 0.6) is 0 Å². The maximum atomic E-state index is 5.39. The highest BCUT2D eigenvalue weighted by molar-refractivity contribution is 5.22. The van der Waals surface area contributed by atoms with Gasteiger partial charge in [-0.3, -0.25) is 9.80 Å². The highest BCUT2D eigenvalue weighted by Gasteiger charge is 2.11. The first-order valence-corrected chi connectivity index (χ1v) is 8.21. The molecule has 4 nitrogen and oxygen atoms in total. The summed E-state index contributed by atoms with van der Waals surface area (Å²) in [5.74, 6) is 0. The molecule has 2 aliphatic rings.